The summed E-state index contributed by atoms with van der Waals surface area (Å²) in [4.78, 5) is 16.2. The first-order valence-electron chi connectivity index (χ1n) is 5.85. The van der Waals surface area contributed by atoms with Crippen LogP contribution >= 0.6 is 11.6 Å². The van der Waals surface area contributed by atoms with Crippen LogP contribution in [0.25, 0.3) is 0 Å². The van der Waals surface area contributed by atoms with E-state index in [9.17, 15) is 4.79 Å². The summed E-state index contributed by atoms with van der Waals surface area (Å²) < 4.78 is 0. The molecule has 1 saturated carbocycles. The van der Waals surface area contributed by atoms with Crippen molar-refractivity contribution in [3.63, 3.8) is 0 Å². The average Bonchev–Trinajstić information content (AvgIpc) is 2.98. The molecular weight excluding hydrogens is 236 g/mol. The van der Waals surface area contributed by atoms with Crippen molar-refractivity contribution in [2.45, 2.75) is 39.2 Å². The number of halogens is 1. The third-order valence-electron chi connectivity index (χ3n) is 3.27. The molecular formula is C13H17ClN2O. The lowest BCUT2D eigenvalue weighted by Crippen LogP contribution is -2.45. The molecule has 3 nitrogen and oxygen atoms in total. The van der Waals surface area contributed by atoms with Crippen LogP contribution in [0.1, 0.15) is 42.7 Å². The monoisotopic (exact) mass is 252 g/mol. The van der Waals surface area contributed by atoms with Gasteiger partial charge in [-0.15, -0.1) is 0 Å². The molecule has 0 aromatic carbocycles. The highest BCUT2D eigenvalue weighted by Gasteiger charge is 2.39. The van der Waals surface area contributed by atoms with E-state index in [1.165, 1.54) is 19.0 Å². The lowest BCUT2D eigenvalue weighted by atomic mass is 9.98. The van der Waals surface area contributed by atoms with E-state index in [0.717, 1.165) is 5.69 Å². The Balaban J connectivity index is 2.14. The lowest BCUT2D eigenvalue weighted by Gasteiger charge is -2.26. The van der Waals surface area contributed by atoms with E-state index in [2.05, 4.69) is 24.1 Å². The number of rotatable bonds is 3. The minimum atomic E-state index is -0.161. The maximum absolute atomic E-state index is 12.1. The van der Waals surface area contributed by atoms with Crippen LogP contribution in [0.2, 0.25) is 5.02 Å². The smallest absolute Gasteiger partial charge is 0.254 e. The van der Waals surface area contributed by atoms with Crippen molar-refractivity contribution in [3.8, 4) is 0 Å². The van der Waals surface area contributed by atoms with E-state index in [0.29, 0.717) is 16.5 Å². The van der Waals surface area contributed by atoms with E-state index in [-0.39, 0.29) is 11.4 Å². The fraction of sp³-hybridized carbons (Fsp3) is 0.538. The van der Waals surface area contributed by atoms with Crippen LogP contribution in [-0.4, -0.2) is 16.4 Å². The van der Waals surface area contributed by atoms with Crippen LogP contribution in [-0.2, 0) is 0 Å². The molecule has 92 valence electrons. The number of hydrogen-bond donors (Lipinski definition) is 1. The van der Waals surface area contributed by atoms with E-state index in [1.54, 1.807) is 6.07 Å². The average molecular weight is 253 g/mol. The predicted molar refractivity (Wildman–Crippen MR) is 68.3 cm³/mol. The number of hydrogen-bond acceptors (Lipinski definition) is 2. The molecule has 0 bridgehead atoms. The molecule has 2 rings (SSSR count). The second-order valence-corrected chi connectivity index (χ2v) is 5.66. The van der Waals surface area contributed by atoms with Gasteiger partial charge in [-0.05, 0) is 45.6 Å². The van der Waals surface area contributed by atoms with Crippen LogP contribution in [0.4, 0.5) is 0 Å². The molecule has 0 saturated heterocycles. The summed E-state index contributed by atoms with van der Waals surface area (Å²) in [7, 11) is 0. The van der Waals surface area contributed by atoms with Gasteiger partial charge in [0.15, 0.2) is 0 Å². The van der Waals surface area contributed by atoms with Gasteiger partial charge in [-0.3, -0.25) is 9.78 Å². The Morgan fingerprint density at radius 1 is 1.53 bits per heavy atom. The fourth-order valence-electron chi connectivity index (χ4n) is 1.96. The van der Waals surface area contributed by atoms with Crippen molar-refractivity contribution in [1.29, 1.82) is 0 Å². The van der Waals surface area contributed by atoms with Gasteiger partial charge in [0.1, 0.15) is 0 Å². The molecule has 1 fully saturated rings. The molecule has 0 radical (unpaired) electrons. The van der Waals surface area contributed by atoms with Crippen molar-refractivity contribution in [2.24, 2.45) is 5.92 Å². The van der Waals surface area contributed by atoms with Gasteiger partial charge in [0.05, 0.1) is 10.6 Å². The topological polar surface area (TPSA) is 42.0 Å². The van der Waals surface area contributed by atoms with Crippen LogP contribution in [0, 0.1) is 12.8 Å². The zero-order valence-corrected chi connectivity index (χ0v) is 11.1. The van der Waals surface area contributed by atoms with Crippen LogP contribution in [0.5, 0.6) is 0 Å². The van der Waals surface area contributed by atoms with Gasteiger partial charge in [0.25, 0.3) is 5.91 Å². The van der Waals surface area contributed by atoms with Crippen molar-refractivity contribution in [3.05, 3.63) is 28.5 Å². The van der Waals surface area contributed by atoms with E-state index >= 15 is 0 Å². The molecule has 17 heavy (non-hydrogen) atoms. The van der Waals surface area contributed by atoms with Gasteiger partial charge < -0.3 is 5.32 Å². The third kappa shape index (κ3) is 2.78. The molecule has 1 aromatic heterocycles. The maximum atomic E-state index is 12.1. The number of pyridine rings is 1. The summed E-state index contributed by atoms with van der Waals surface area (Å²) in [6.45, 7) is 5.96. The lowest BCUT2D eigenvalue weighted by molar-refractivity contribution is 0.0903. The predicted octanol–water partition coefficient (Wildman–Crippen LogP) is 2.96. The first kappa shape index (κ1) is 12.4. The van der Waals surface area contributed by atoms with E-state index in [1.807, 2.05) is 6.92 Å². The number of aryl methyl sites for hydroxylation is 1. The summed E-state index contributed by atoms with van der Waals surface area (Å²) in [5, 5.41) is 3.49. The molecule has 0 unspecified atom stereocenters. The van der Waals surface area contributed by atoms with Crippen molar-refractivity contribution >= 4 is 17.5 Å². The van der Waals surface area contributed by atoms with Crippen molar-refractivity contribution in [2.75, 3.05) is 0 Å². The van der Waals surface area contributed by atoms with Crippen molar-refractivity contribution < 1.29 is 4.79 Å². The standard InChI is InChI=1S/C13H17ClN2O/c1-8-6-11(14)10(7-15-8)12(17)16-13(2,3)9-4-5-9/h6-7,9H,4-5H2,1-3H3,(H,16,17). The Labute approximate surface area is 107 Å². The first-order valence-corrected chi connectivity index (χ1v) is 6.22. The highest BCUT2D eigenvalue weighted by atomic mass is 35.5. The first-order chi connectivity index (χ1) is 7.90. The zero-order valence-electron chi connectivity index (χ0n) is 10.4. The summed E-state index contributed by atoms with van der Waals surface area (Å²) in [5.41, 5.74) is 1.10. The molecule has 1 aliphatic rings. The van der Waals surface area contributed by atoms with Gasteiger partial charge >= 0.3 is 0 Å². The van der Waals surface area contributed by atoms with Crippen LogP contribution in [0.3, 0.4) is 0 Å². The molecule has 1 aliphatic carbocycles. The number of carbonyl (C=O) groups excluding carboxylic acids is 1. The summed E-state index contributed by atoms with van der Waals surface area (Å²) in [6.07, 6.45) is 3.91. The van der Waals surface area contributed by atoms with Crippen LogP contribution in [0.15, 0.2) is 12.3 Å². The number of amides is 1. The number of carbonyl (C=O) groups is 1. The molecule has 4 heteroatoms. The Hall–Kier alpha value is -1.09. The molecule has 0 aliphatic heterocycles. The van der Waals surface area contributed by atoms with E-state index < -0.39 is 0 Å². The second kappa shape index (κ2) is 4.30. The third-order valence-corrected chi connectivity index (χ3v) is 3.58. The fourth-order valence-corrected chi connectivity index (χ4v) is 2.25. The Morgan fingerprint density at radius 3 is 2.71 bits per heavy atom. The SMILES string of the molecule is Cc1cc(Cl)c(C(=O)NC(C)(C)C2CC2)cn1. The molecule has 0 spiro atoms. The molecule has 0 atom stereocenters. The molecule has 1 N–H and O–H groups in total. The maximum Gasteiger partial charge on any atom is 0.254 e. The van der Waals surface area contributed by atoms with Gasteiger partial charge in [-0.25, -0.2) is 0 Å². The minimum Gasteiger partial charge on any atom is -0.347 e. The molecule has 1 aromatic rings. The Bertz CT molecular complexity index is 453. The zero-order chi connectivity index (χ0) is 12.6. The quantitative estimate of drug-likeness (QED) is 0.899. The minimum absolute atomic E-state index is 0.139. The van der Waals surface area contributed by atoms with Crippen molar-refractivity contribution in [1.82, 2.24) is 10.3 Å². The van der Waals surface area contributed by atoms with Crippen LogP contribution < -0.4 is 5.32 Å². The largest absolute Gasteiger partial charge is 0.347 e. The highest BCUT2D eigenvalue weighted by Crippen LogP contribution is 2.39. The Kier molecular flexibility index (Phi) is 3.13. The summed E-state index contributed by atoms with van der Waals surface area (Å²) >= 11 is 6.05. The highest BCUT2D eigenvalue weighted by molar-refractivity contribution is 6.33. The van der Waals surface area contributed by atoms with Gasteiger partial charge in [-0.2, -0.15) is 0 Å². The van der Waals surface area contributed by atoms with Gasteiger partial charge in [-0.1, -0.05) is 11.6 Å². The number of nitrogens with zero attached hydrogens (tertiary/aromatic N) is 1. The number of nitrogens with one attached hydrogen (secondary N) is 1. The van der Waals surface area contributed by atoms with E-state index in [4.69, 9.17) is 11.6 Å². The van der Waals surface area contributed by atoms with Gasteiger partial charge in [0.2, 0.25) is 0 Å². The normalized spacial score (nSPS) is 15.8. The second-order valence-electron chi connectivity index (χ2n) is 5.26. The summed E-state index contributed by atoms with van der Waals surface area (Å²) in [5.74, 6) is 0.447. The summed E-state index contributed by atoms with van der Waals surface area (Å²) in [6, 6.07) is 1.71. The molecule has 1 amide bonds. The Morgan fingerprint density at radius 2 is 2.18 bits per heavy atom. The molecule has 1 heterocycles. The van der Waals surface area contributed by atoms with Gasteiger partial charge in [0, 0.05) is 17.4 Å². The number of aromatic nitrogens is 1.